The number of piperazine rings is 1. The van der Waals surface area contributed by atoms with Gasteiger partial charge in [0.2, 0.25) is 5.95 Å². The van der Waals surface area contributed by atoms with Crippen molar-refractivity contribution in [1.82, 2.24) is 29.7 Å². The number of nitrogens with one attached hydrogen (secondary N) is 2. The fourth-order valence-corrected chi connectivity index (χ4v) is 4.32. The van der Waals surface area contributed by atoms with E-state index < -0.39 is 0 Å². The number of β-amino-alcohol motifs (C(OH)–C–C–N with tert-alkyl or cyclic N) is 1. The number of aliphatic hydroxyl groups is 1. The van der Waals surface area contributed by atoms with Gasteiger partial charge < -0.3 is 25.2 Å². The number of fused-ring (bicyclic) bond motifs is 1. The van der Waals surface area contributed by atoms with Gasteiger partial charge in [0.1, 0.15) is 11.3 Å². The lowest BCUT2D eigenvalue weighted by Crippen LogP contribution is -2.47. The Hall–Kier alpha value is -2.82. The lowest BCUT2D eigenvalue weighted by molar-refractivity contribution is 0.189. The Morgan fingerprint density at radius 1 is 1.19 bits per heavy atom. The van der Waals surface area contributed by atoms with Gasteiger partial charge in [-0.15, -0.1) is 0 Å². The van der Waals surface area contributed by atoms with Crippen LogP contribution >= 0.6 is 0 Å². The maximum Gasteiger partial charge on any atom is 0.229 e. The summed E-state index contributed by atoms with van der Waals surface area (Å²) in [5.74, 6) is 0.0111. The first kappa shape index (κ1) is 20.1. The van der Waals surface area contributed by atoms with Crippen molar-refractivity contribution >= 4 is 28.5 Å². The maximum absolute atomic E-state index is 14.9. The summed E-state index contributed by atoms with van der Waals surface area (Å²) in [6.45, 7) is 6.07. The molecule has 2 aliphatic rings. The van der Waals surface area contributed by atoms with Crippen molar-refractivity contribution < 1.29 is 9.50 Å². The molecular formula is C21H27FN8O. The molecule has 0 saturated carbocycles. The highest BCUT2D eigenvalue weighted by Gasteiger charge is 2.20. The van der Waals surface area contributed by atoms with Crippen molar-refractivity contribution in [2.75, 3.05) is 62.6 Å². The summed E-state index contributed by atoms with van der Waals surface area (Å²) >= 11 is 0. The summed E-state index contributed by atoms with van der Waals surface area (Å²) in [6, 6.07) is 5.52. The zero-order valence-corrected chi connectivity index (χ0v) is 17.3. The van der Waals surface area contributed by atoms with Crippen molar-refractivity contribution in [3.8, 4) is 0 Å². The highest BCUT2D eigenvalue weighted by molar-refractivity contribution is 5.72. The largest absolute Gasteiger partial charge is 0.395 e. The third-order valence-corrected chi connectivity index (χ3v) is 6.10. The molecule has 10 heteroatoms. The van der Waals surface area contributed by atoms with Crippen LogP contribution < -0.4 is 15.5 Å². The number of halogens is 1. The smallest absolute Gasteiger partial charge is 0.229 e. The van der Waals surface area contributed by atoms with Gasteiger partial charge in [-0.2, -0.15) is 4.98 Å². The van der Waals surface area contributed by atoms with E-state index in [1.54, 1.807) is 24.7 Å². The molecule has 31 heavy (non-hydrogen) atoms. The summed E-state index contributed by atoms with van der Waals surface area (Å²) in [5, 5.41) is 15.4. The van der Waals surface area contributed by atoms with Crippen LogP contribution in [0.5, 0.6) is 0 Å². The Morgan fingerprint density at radius 3 is 2.81 bits per heavy atom. The molecule has 0 bridgehead atoms. The molecule has 2 fully saturated rings. The maximum atomic E-state index is 14.9. The van der Waals surface area contributed by atoms with E-state index in [-0.39, 0.29) is 12.4 Å². The molecule has 0 amide bonds. The van der Waals surface area contributed by atoms with Crippen molar-refractivity contribution in [3.63, 3.8) is 0 Å². The van der Waals surface area contributed by atoms with Gasteiger partial charge in [0.25, 0.3) is 0 Å². The molecule has 1 aromatic carbocycles. The molecule has 2 aliphatic heterocycles. The van der Waals surface area contributed by atoms with E-state index in [0.717, 1.165) is 62.5 Å². The quantitative estimate of drug-likeness (QED) is 0.544. The van der Waals surface area contributed by atoms with Crippen LogP contribution in [0.2, 0.25) is 0 Å². The van der Waals surface area contributed by atoms with Gasteiger partial charge in [-0.25, -0.2) is 14.4 Å². The normalized spacial score (nSPS) is 19.9. The molecule has 0 radical (unpaired) electrons. The number of aliphatic hydroxyl groups excluding tert-OH is 1. The van der Waals surface area contributed by atoms with Crippen LogP contribution in [0.15, 0.2) is 30.7 Å². The fraction of sp³-hybridized carbons (Fsp3) is 0.476. The first-order valence-corrected chi connectivity index (χ1v) is 10.8. The highest BCUT2D eigenvalue weighted by Crippen LogP contribution is 2.26. The van der Waals surface area contributed by atoms with Gasteiger partial charge in [0.05, 0.1) is 30.9 Å². The minimum absolute atomic E-state index is 0.168. The molecule has 0 spiro atoms. The monoisotopic (exact) mass is 426 g/mol. The molecule has 4 heterocycles. The Bertz CT molecular complexity index is 1040. The third kappa shape index (κ3) is 4.18. The number of hydrogen-bond donors (Lipinski definition) is 3. The van der Waals surface area contributed by atoms with E-state index in [0.29, 0.717) is 24.2 Å². The fourth-order valence-electron chi connectivity index (χ4n) is 4.32. The Balaban J connectivity index is 1.31. The minimum atomic E-state index is -0.340. The highest BCUT2D eigenvalue weighted by atomic mass is 19.1. The minimum Gasteiger partial charge on any atom is -0.395 e. The van der Waals surface area contributed by atoms with Crippen LogP contribution in [0, 0.1) is 5.82 Å². The average Bonchev–Trinajstić information content (AvgIpc) is 3.45. The molecule has 3 N–H and O–H groups in total. The van der Waals surface area contributed by atoms with Crippen molar-refractivity contribution in [3.05, 3.63) is 36.5 Å². The summed E-state index contributed by atoms with van der Waals surface area (Å²) in [7, 11) is 0. The van der Waals surface area contributed by atoms with Crippen LogP contribution in [-0.4, -0.2) is 81.9 Å². The zero-order chi connectivity index (χ0) is 21.2. The molecule has 2 saturated heterocycles. The van der Waals surface area contributed by atoms with Crippen LogP contribution in [0.25, 0.3) is 11.2 Å². The Kier molecular flexibility index (Phi) is 5.66. The second kappa shape index (κ2) is 8.74. The van der Waals surface area contributed by atoms with Gasteiger partial charge >= 0.3 is 0 Å². The van der Waals surface area contributed by atoms with Gasteiger partial charge in [-0.3, -0.25) is 4.90 Å². The number of nitrogens with zero attached hydrogens (tertiary/aromatic N) is 6. The van der Waals surface area contributed by atoms with E-state index in [1.807, 2.05) is 6.07 Å². The number of aromatic nitrogens is 4. The van der Waals surface area contributed by atoms with Crippen LogP contribution in [-0.2, 0) is 0 Å². The third-order valence-electron chi connectivity index (χ3n) is 6.10. The molecule has 1 atom stereocenters. The number of benzene rings is 1. The molecule has 3 aromatic rings. The molecule has 2 aromatic heterocycles. The van der Waals surface area contributed by atoms with E-state index in [9.17, 15) is 4.39 Å². The summed E-state index contributed by atoms with van der Waals surface area (Å²) in [6.07, 6.45) is 4.50. The zero-order valence-electron chi connectivity index (χ0n) is 17.3. The summed E-state index contributed by atoms with van der Waals surface area (Å²) in [4.78, 5) is 17.7. The van der Waals surface area contributed by atoms with Crippen molar-refractivity contribution in [2.45, 2.75) is 12.5 Å². The van der Waals surface area contributed by atoms with Crippen LogP contribution in [0.4, 0.5) is 21.7 Å². The number of imidazole rings is 1. The van der Waals surface area contributed by atoms with E-state index in [4.69, 9.17) is 5.11 Å². The lowest BCUT2D eigenvalue weighted by Gasteiger charge is -2.35. The predicted octanol–water partition coefficient (Wildman–Crippen LogP) is 1.36. The van der Waals surface area contributed by atoms with Crippen molar-refractivity contribution in [1.29, 1.82) is 0 Å². The average molecular weight is 427 g/mol. The molecule has 164 valence electrons. The second-order valence-electron chi connectivity index (χ2n) is 8.04. The number of hydrogen-bond acceptors (Lipinski definition) is 8. The number of rotatable bonds is 6. The predicted molar refractivity (Wildman–Crippen MR) is 117 cm³/mol. The van der Waals surface area contributed by atoms with E-state index in [1.165, 1.54) is 0 Å². The standard InChI is InChI=1S/C21H27FN8O/c22-17-11-15(29-7-5-28(6-8-29)9-10-31)1-2-18(17)26-21-24-13-19-20(27-21)30(14-25-19)16-3-4-23-12-16/h1-2,11,13-14,16,23,31H,3-10,12H2,(H,24,26,27). The molecule has 5 rings (SSSR count). The lowest BCUT2D eigenvalue weighted by atomic mass is 10.2. The SMILES string of the molecule is OCCN1CCN(c2ccc(Nc3ncc4ncn(C5CCNC5)c4n3)c(F)c2)CC1. The number of anilines is 3. The van der Waals surface area contributed by atoms with Gasteiger partial charge in [0.15, 0.2) is 5.65 Å². The summed E-state index contributed by atoms with van der Waals surface area (Å²) < 4.78 is 16.9. The molecule has 0 aliphatic carbocycles. The van der Waals surface area contributed by atoms with Crippen LogP contribution in [0.3, 0.4) is 0 Å². The van der Waals surface area contributed by atoms with Crippen molar-refractivity contribution in [2.24, 2.45) is 0 Å². The van der Waals surface area contributed by atoms with Gasteiger partial charge in [-0.1, -0.05) is 0 Å². The molecule has 9 nitrogen and oxygen atoms in total. The van der Waals surface area contributed by atoms with Crippen LogP contribution in [0.1, 0.15) is 12.5 Å². The molecular weight excluding hydrogens is 399 g/mol. The topological polar surface area (TPSA) is 94.4 Å². The summed E-state index contributed by atoms with van der Waals surface area (Å²) in [5.41, 5.74) is 2.68. The Morgan fingerprint density at radius 2 is 2.06 bits per heavy atom. The van der Waals surface area contributed by atoms with Gasteiger partial charge in [0, 0.05) is 45.0 Å². The van der Waals surface area contributed by atoms with E-state index in [2.05, 4.69) is 40.0 Å². The first-order valence-electron chi connectivity index (χ1n) is 10.8. The molecule has 1 unspecified atom stereocenters. The second-order valence-corrected chi connectivity index (χ2v) is 8.04. The Labute approximate surface area is 179 Å². The van der Waals surface area contributed by atoms with E-state index >= 15 is 0 Å². The first-order chi connectivity index (χ1) is 15.2. The van der Waals surface area contributed by atoms with Gasteiger partial charge in [-0.05, 0) is 31.2 Å².